The van der Waals surface area contributed by atoms with Gasteiger partial charge in [-0.2, -0.15) is 4.98 Å². The fourth-order valence-electron chi connectivity index (χ4n) is 1.95. The molecule has 0 saturated carbocycles. The van der Waals surface area contributed by atoms with Gasteiger partial charge in [0, 0.05) is 25.0 Å². The second-order valence-corrected chi connectivity index (χ2v) is 4.36. The summed E-state index contributed by atoms with van der Waals surface area (Å²) in [4.78, 5) is 4.38. The summed E-state index contributed by atoms with van der Waals surface area (Å²) < 4.78 is 10.5. The Morgan fingerprint density at radius 2 is 2.44 bits per heavy atom. The van der Waals surface area contributed by atoms with Gasteiger partial charge in [-0.3, -0.25) is 0 Å². The number of ether oxygens (including phenoxy) is 1. The fraction of sp³-hybridized carbons (Fsp3) is 0.818. The minimum absolute atomic E-state index is 0.123. The molecule has 1 aromatic rings. The summed E-state index contributed by atoms with van der Waals surface area (Å²) in [7, 11) is 0. The summed E-state index contributed by atoms with van der Waals surface area (Å²) in [5.41, 5.74) is 5.93. The van der Waals surface area contributed by atoms with Crippen molar-refractivity contribution in [2.75, 3.05) is 13.2 Å². The first-order valence-corrected chi connectivity index (χ1v) is 5.95. The first-order valence-electron chi connectivity index (χ1n) is 5.95. The van der Waals surface area contributed by atoms with E-state index in [1.807, 2.05) is 0 Å². The Morgan fingerprint density at radius 1 is 1.56 bits per heavy atom. The second-order valence-electron chi connectivity index (χ2n) is 4.36. The van der Waals surface area contributed by atoms with Crippen molar-refractivity contribution in [1.82, 2.24) is 10.1 Å². The Labute approximate surface area is 95.3 Å². The van der Waals surface area contributed by atoms with Crippen molar-refractivity contribution in [2.45, 2.75) is 44.6 Å². The molecule has 1 fully saturated rings. The minimum atomic E-state index is 0.123. The van der Waals surface area contributed by atoms with Crippen molar-refractivity contribution in [3.63, 3.8) is 0 Å². The van der Waals surface area contributed by atoms with Crippen LogP contribution in [0.3, 0.4) is 0 Å². The predicted molar refractivity (Wildman–Crippen MR) is 59.1 cm³/mol. The van der Waals surface area contributed by atoms with E-state index in [2.05, 4.69) is 17.1 Å². The molecule has 1 saturated heterocycles. The summed E-state index contributed by atoms with van der Waals surface area (Å²) in [6.07, 6.45) is 3.73. The highest BCUT2D eigenvalue weighted by Crippen LogP contribution is 2.22. The molecule has 0 amide bonds. The summed E-state index contributed by atoms with van der Waals surface area (Å²) in [6.45, 7) is 3.62. The first-order chi connectivity index (χ1) is 7.79. The molecular formula is C11H19N3O2. The van der Waals surface area contributed by atoms with Crippen molar-refractivity contribution >= 4 is 0 Å². The van der Waals surface area contributed by atoms with Gasteiger partial charge in [-0.1, -0.05) is 18.5 Å². The van der Waals surface area contributed by atoms with Crippen LogP contribution < -0.4 is 5.73 Å². The minimum Gasteiger partial charge on any atom is -0.381 e. The van der Waals surface area contributed by atoms with Crippen LogP contribution in [0.15, 0.2) is 4.52 Å². The van der Waals surface area contributed by atoms with Gasteiger partial charge in [0.05, 0.1) is 6.61 Å². The second kappa shape index (κ2) is 5.41. The van der Waals surface area contributed by atoms with Gasteiger partial charge in [-0.15, -0.1) is 0 Å². The summed E-state index contributed by atoms with van der Waals surface area (Å²) in [5.74, 6) is 1.74. The third-order valence-electron chi connectivity index (χ3n) is 2.87. The molecule has 1 aliphatic rings. The molecule has 2 heterocycles. The zero-order valence-corrected chi connectivity index (χ0v) is 9.69. The molecule has 0 radical (unpaired) electrons. The Morgan fingerprint density at radius 3 is 3.12 bits per heavy atom. The van der Waals surface area contributed by atoms with E-state index in [0.717, 1.165) is 31.7 Å². The van der Waals surface area contributed by atoms with Gasteiger partial charge < -0.3 is 15.0 Å². The quantitative estimate of drug-likeness (QED) is 0.816. The van der Waals surface area contributed by atoms with Crippen molar-refractivity contribution in [3.05, 3.63) is 11.7 Å². The molecule has 0 aromatic carbocycles. The molecule has 5 heteroatoms. The van der Waals surface area contributed by atoms with Crippen LogP contribution in [-0.2, 0) is 11.2 Å². The summed E-state index contributed by atoms with van der Waals surface area (Å²) in [6, 6.07) is 0.123. The van der Waals surface area contributed by atoms with Crippen LogP contribution in [0.2, 0.25) is 0 Å². The summed E-state index contributed by atoms with van der Waals surface area (Å²) >= 11 is 0. The van der Waals surface area contributed by atoms with Crippen LogP contribution in [0.1, 0.15) is 43.8 Å². The Hall–Kier alpha value is -0.940. The molecule has 1 aliphatic heterocycles. The first kappa shape index (κ1) is 11.5. The molecule has 0 aliphatic carbocycles. The standard InChI is InChI=1S/C11H19N3O2/c1-2-3-9(12)6-10-13-11(14-16-10)8-4-5-15-7-8/h8-9H,2-7,12H2,1H3. The SMILES string of the molecule is CCCC(N)Cc1nc(C2CCOC2)no1. The number of hydrogen-bond acceptors (Lipinski definition) is 5. The van der Waals surface area contributed by atoms with Gasteiger partial charge in [-0.25, -0.2) is 0 Å². The number of aromatic nitrogens is 2. The lowest BCUT2D eigenvalue weighted by molar-refractivity contribution is 0.192. The van der Waals surface area contributed by atoms with Crippen molar-refractivity contribution in [1.29, 1.82) is 0 Å². The number of nitrogens with zero attached hydrogens (tertiary/aromatic N) is 2. The largest absolute Gasteiger partial charge is 0.381 e. The van der Waals surface area contributed by atoms with Gasteiger partial charge in [-0.05, 0) is 12.8 Å². The van der Waals surface area contributed by atoms with Gasteiger partial charge in [0.1, 0.15) is 0 Å². The van der Waals surface area contributed by atoms with Crippen LogP contribution in [0.4, 0.5) is 0 Å². The van der Waals surface area contributed by atoms with E-state index in [-0.39, 0.29) is 6.04 Å². The Kier molecular flexibility index (Phi) is 3.90. The van der Waals surface area contributed by atoms with Crippen LogP contribution in [0.25, 0.3) is 0 Å². The number of nitrogens with two attached hydrogens (primary N) is 1. The highest BCUT2D eigenvalue weighted by Gasteiger charge is 2.23. The third-order valence-corrected chi connectivity index (χ3v) is 2.87. The molecule has 2 N–H and O–H groups in total. The number of hydrogen-bond donors (Lipinski definition) is 1. The lowest BCUT2D eigenvalue weighted by Gasteiger charge is -2.05. The van der Waals surface area contributed by atoms with E-state index in [0.29, 0.717) is 24.8 Å². The van der Waals surface area contributed by atoms with Gasteiger partial charge in [0.15, 0.2) is 5.82 Å². The lowest BCUT2D eigenvalue weighted by Crippen LogP contribution is -2.22. The molecule has 2 unspecified atom stereocenters. The van der Waals surface area contributed by atoms with Crippen molar-refractivity contribution in [3.8, 4) is 0 Å². The van der Waals surface area contributed by atoms with E-state index in [1.54, 1.807) is 0 Å². The highest BCUT2D eigenvalue weighted by molar-refractivity contribution is 4.98. The van der Waals surface area contributed by atoms with Gasteiger partial charge in [0.25, 0.3) is 0 Å². The molecule has 2 atom stereocenters. The Bertz CT molecular complexity index is 321. The topological polar surface area (TPSA) is 74.2 Å². The molecule has 90 valence electrons. The highest BCUT2D eigenvalue weighted by atomic mass is 16.5. The van der Waals surface area contributed by atoms with E-state index >= 15 is 0 Å². The molecule has 16 heavy (non-hydrogen) atoms. The van der Waals surface area contributed by atoms with Crippen molar-refractivity contribution in [2.24, 2.45) is 5.73 Å². The molecule has 0 bridgehead atoms. The van der Waals surface area contributed by atoms with E-state index in [9.17, 15) is 0 Å². The molecule has 0 spiro atoms. The summed E-state index contributed by atoms with van der Waals surface area (Å²) in [5, 5.41) is 3.99. The third kappa shape index (κ3) is 2.80. The van der Waals surface area contributed by atoms with E-state index in [4.69, 9.17) is 15.0 Å². The zero-order chi connectivity index (χ0) is 11.4. The maximum atomic E-state index is 5.93. The molecular weight excluding hydrogens is 206 g/mol. The van der Waals surface area contributed by atoms with Gasteiger partial charge in [0.2, 0.25) is 5.89 Å². The van der Waals surface area contributed by atoms with Crippen LogP contribution in [0.5, 0.6) is 0 Å². The Balaban J connectivity index is 1.91. The van der Waals surface area contributed by atoms with Crippen LogP contribution in [-0.4, -0.2) is 29.4 Å². The van der Waals surface area contributed by atoms with E-state index < -0.39 is 0 Å². The van der Waals surface area contributed by atoms with E-state index in [1.165, 1.54) is 0 Å². The average Bonchev–Trinajstić information content (AvgIpc) is 2.86. The monoisotopic (exact) mass is 225 g/mol. The molecule has 2 rings (SSSR count). The van der Waals surface area contributed by atoms with Crippen LogP contribution >= 0.6 is 0 Å². The zero-order valence-electron chi connectivity index (χ0n) is 9.69. The maximum absolute atomic E-state index is 5.93. The van der Waals surface area contributed by atoms with Crippen molar-refractivity contribution < 1.29 is 9.26 Å². The van der Waals surface area contributed by atoms with Gasteiger partial charge >= 0.3 is 0 Å². The normalized spacial score (nSPS) is 22.5. The number of rotatable bonds is 5. The lowest BCUT2D eigenvalue weighted by atomic mass is 10.1. The maximum Gasteiger partial charge on any atom is 0.228 e. The van der Waals surface area contributed by atoms with Crippen LogP contribution in [0, 0.1) is 0 Å². The smallest absolute Gasteiger partial charge is 0.228 e. The predicted octanol–water partition coefficient (Wildman–Crippen LogP) is 1.24. The average molecular weight is 225 g/mol. The molecule has 1 aromatic heterocycles. The fourth-order valence-corrected chi connectivity index (χ4v) is 1.95. The molecule has 5 nitrogen and oxygen atoms in total.